The van der Waals surface area contributed by atoms with Gasteiger partial charge in [-0.1, -0.05) is 18.2 Å². The Hall–Kier alpha value is -3.02. The molecule has 0 atom stereocenters. The average molecular weight is 272 g/mol. The minimum absolute atomic E-state index is 0.317. The molecule has 0 saturated carbocycles. The standard InChI is InChI=1S/C13H9NO2.CH3NO2/c15-13(16)8-5-6-12-10(7-8)9-3-1-2-4-11(9)14-12;2-1(3)4/h1-7,14H,(H,15,16);2H2,(H,3,4). The first-order valence-electron chi connectivity index (χ1n) is 5.71. The predicted molar refractivity (Wildman–Crippen MR) is 75.0 cm³/mol. The van der Waals surface area contributed by atoms with E-state index in [-0.39, 0.29) is 0 Å². The van der Waals surface area contributed by atoms with E-state index in [0.717, 1.165) is 21.8 Å². The molecule has 0 saturated heterocycles. The van der Waals surface area contributed by atoms with Crippen molar-refractivity contribution in [2.75, 3.05) is 0 Å². The monoisotopic (exact) mass is 272 g/mol. The van der Waals surface area contributed by atoms with Gasteiger partial charge in [-0.3, -0.25) is 0 Å². The van der Waals surface area contributed by atoms with Crippen LogP contribution >= 0.6 is 0 Å². The van der Waals surface area contributed by atoms with Gasteiger partial charge in [0.15, 0.2) is 0 Å². The molecule has 2 aromatic carbocycles. The Morgan fingerprint density at radius 3 is 2.20 bits per heavy atom. The summed E-state index contributed by atoms with van der Waals surface area (Å²) in [5, 5.41) is 18.1. The van der Waals surface area contributed by atoms with Crippen LogP contribution in [0.1, 0.15) is 10.4 Å². The fourth-order valence-electron chi connectivity index (χ4n) is 1.98. The zero-order chi connectivity index (χ0) is 14.7. The summed E-state index contributed by atoms with van der Waals surface area (Å²) < 4.78 is 0. The maximum Gasteiger partial charge on any atom is 0.402 e. The molecular weight excluding hydrogens is 260 g/mol. The van der Waals surface area contributed by atoms with Crippen molar-refractivity contribution in [3.8, 4) is 0 Å². The van der Waals surface area contributed by atoms with Crippen molar-refractivity contribution in [2.24, 2.45) is 5.73 Å². The molecule has 3 rings (SSSR count). The van der Waals surface area contributed by atoms with Gasteiger partial charge in [-0.15, -0.1) is 0 Å². The molecule has 0 aliphatic heterocycles. The third-order valence-electron chi connectivity index (χ3n) is 2.75. The van der Waals surface area contributed by atoms with Crippen molar-refractivity contribution >= 4 is 33.9 Å². The number of para-hydroxylation sites is 1. The summed E-state index contributed by atoms with van der Waals surface area (Å²) in [6.07, 6.45) is -1.33. The number of H-pyrrole nitrogens is 1. The number of carboxylic acid groups (broad SMARTS) is 2. The van der Waals surface area contributed by atoms with E-state index in [2.05, 4.69) is 10.7 Å². The molecule has 102 valence electrons. The Balaban J connectivity index is 0.000000328. The summed E-state index contributed by atoms with van der Waals surface area (Å²) in [4.78, 5) is 22.9. The first-order chi connectivity index (χ1) is 9.49. The minimum atomic E-state index is -1.33. The number of rotatable bonds is 1. The number of hydrogen-bond donors (Lipinski definition) is 4. The number of primary amides is 1. The van der Waals surface area contributed by atoms with Crippen molar-refractivity contribution in [3.63, 3.8) is 0 Å². The lowest BCUT2D eigenvalue weighted by Gasteiger charge is -1.94. The summed E-state index contributed by atoms with van der Waals surface area (Å²) in [6.45, 7) is 0. The number of nitrogens with two attached hydrogens (primary N) is 1. The van der Waals surface area contributed by atoms with E-state index >= 15 is 0 Å². The smallest absolute Gasteiger partial charge is 0.402 e. The molecular formula is C14H12N2O4. The second-order valence-corrected chi connectivity index (χ2v) is 4.07. The van der Waals surface area contributed by atoms with Crippen molar-refractivity contribution in [2.45, 2.75) is 0 Å². The Bertz CT molecular complexity index is 788. The molecule has 0 radical (unpaired) electrons. The lowest BCUT2D eigenvalue weighted by Crippen LogP contribution is -2.03. The average Bonchev–Trinajstić information content (AvgIpc) is 2.75. The summed E-state index contributed by atoms with van der Waals surface area (Å²) in [6, 6.07) is 13.0. The Morgan fingerprint density at radius 1 is 0.950 bits per heavy atom. The van der Waals surface area contributed by atoms with E-state index < -0.39 is 12.1 Å². The highest BCUT2D eigenvalue weighted by Gasteiger charge is 2.07. The van der Waals surface area contributed by atoms with E-state index in [1.807, 2.05) is 24.3 Å². The molecule has 0 fully saturated rings. The van der Waals surface area contributed by atoms with Gasteiger partial charge in [-0.2, -0.15) is 0 Å². The van der Waals surface area contributed by atoms with Gasteiger partial charge in [-0.05, 0) is 24.3 Å². The van der Waals surface area contributed by atoms with Gasteiger partial charge < -0.3 is 20.9 Å². The van der Waals surface area contributed by atoms with Crippen molar-refractivity contribution in [3.05, 3.63) is 48.0 Å². The number of fused-ring (bicyclic) bond motifs is 3. The van der Waals surface area contributed by atoms with Crippen LogP contribution in [0.3, 0.4) is 0 Å². The molecule has 5 N–H and O–H groups in total. The van der Waals surface area contributed by atoms with Gasteiger partial charge >= 0.3 is 12.1 Å². The SMILES string of the molecule is NC(=O)O.O=C(O)c1ccc2[nH]c3ccccc3c2c1. The normalized spacial score (nSPS) is 10.0. The van der Waals surface area contributed by atoms with Gasteiger partial charge in [0.25, 0.3) is 0 Å². The Labute approximate surface area is 113 Å². The number of carboxylic acids is 1. The summed E-state index contributed by atoms with van der Waals surface area (Å²) in [5.41, 5.74) is 6.34. The highest BCUT2D eigenvalue weighted by Crippen LogP contribution is 2.25. The van der Waals surface area contributed by atoms with Crippen LogP contribution in [0.5, 0.6) is 0 Å². The molecule has 0 aliphatic rings. The highest BCUT2D eigenvalue weighted by molar-refractivity contribution is 6.09. The molecule has 1 aromatic heterocycles. The Morgan fingerprint density at radius 2 is 1.55 bits per heavy atom. The van der Waals surface area contributed by atoms with Gasteiger partial charge in [0.05, 0.1) is 5.56 Å². The van der Waals surface area contributed by atoms with Gasteiger partial charge in [0.2, 0.25) is 0 Å². The molecule has 1 heterocycles. The van der Waals surface area contributed by atoms with Gasteiger partial charge in [0, 0.05) is 21.8 Å². The highest BCUT2D eigenvalue weighted by atomic mass is 16.4. The molecule has 1 amide bonds. The number of benzene rings is 2. The molecule has 0 bridgehead atoms. The summed E-state index contributed by atoms with van der Waals surface area (Å²) in [5.74, 6) is -0.896. The first-order valence-corrected chi connectivity index (χ1v) is 5.71. The zero-order valence-corrected chi connectivity index (χ0v) is 10.3. The van der Waals surface area contributed by atoms with Crippen LogP contribution in [0.15, 0.2) is 42.5 Å². The van der Waals surface area contributed by atoms with Crippen molar-refractivity contribution in [1.82, 2.24) is 4.98 Å². The van der Waals surface area contributed by atoms with Gasteiger partial charge in [-0.25, -0.2) is 9.59 Å². The molecule has 20 heavy (non-hydrogen) atoms. The van der Waals surface area contributed by atoms with Crippen LogP contribution in [-0.4, -0.2) is 27.3 Å². The van der Waals surface area contributed by atoms with E-state index in [1.165, 1.54) is 0 Å². The maximum absolute atomic E-state index is 10.9. The van der Waals surface area contributed by atoms with Gasteiger partial charge in [0.1, 0.15) is 0 Å². The second kappa shape index (κ2) is 5.31. The minimum Gasteiger partial charge on any atom is -0.478 e. The number of aromatic amines is 1. The van der Waals surface area contributed by atoms with Crippen LogP contribution < -0.4 is 5.73 Å². The van der Waals surface area contributed by atoms with Crippen LogP contribution in [0.25, 0.3) is 21.8 Å². The molecule has 3 aromatic rings. The third-order valence-corrected chi connectivity index (χ3v) is 2.75. The topological polar surface area (TPSA) is 116 Å². The number of hydrogen-bond acceptors (Lipinski definition) is 2. The van der Waals surface area contributed by atoms with Crippen LogP contribution in [0.2, 0.25) is 0 Å². The molecule has 6 nitrogen and oxygen atoms in total. The molecule has 0 aliphatic carbocycles. The van der Waals surface area contributed by atoms with E-state index in [4.69, 9.17) is 15.0 Å². The largest absolute Gasteiger partial charge is 0.478 e. The quantitative estimate of drug-likeness (QED) is 0.544. The lowest BCUT2D eigenvalue weighted by atomic mass is 10.1. The lowest BCUT2D eigenvalue weighted by molar-refractivity contribution is 0.0697. The summed E-state index contributed by atoms with van der Waals surface area (Å²) in [7, 11) is 0. The van der Waals surface area contributed by atoms with E-state index in [0.29, 0.717) is 5.56 Å². The molecule has 6 heteroatoms. The molecule has 0 spiro atoms. The third kappa shape index (κ3) is 2.69. The summed E-state index contributed by atoms with van der Waals surface area (Å²) >= 11 is 0. The Kier molecular flexibility index (Phi) is 3.56. The number of nitrogens with one attached hydrogen (secondary N) is 1. The van der Waals surface area contributed by atoms with Crippen molar-refractivity contribution in [1.29, 1.82) is 0 Å². The number of aromatic carboxylic acids is 1. The number of amides is 1. The fourth-order valence-corrected chi connectivity index (χ4v) is 1.98. The van der Waals surface area contributed by atoms with Crippen molar-refractivity contribution < 1.29 is 19.8 Å². The molecule has 0 unspecified atom stereocenters. The van der Waals surface area contributed by atoms with E-state index in [1.54, 1.807) is 18.2 Å². The van der Waals surface area contributed by atoms with Crippen LogP contribution in [0, 0.1) is 0 Å². The van der Waals surface area contributed by atoms with E-state index in [9.17, 15) is 4.79 Å². The maximum atomic E-state index is 10.9. The predicted octanol–water partition coefficient (Wildman–Crippen LogP) is 2.64. The van der Waals surface area contributed by atoms with Crippen LogP contribution in [-0.2, 0) is 0 Å². The number of carbonyl (C=O) groups is 2. The zero-order valence-electron chi connectivity index (χ0n) is 10.3. The first kappa shape index (κ1) is 13.4. The second-order valence-electron chi connectivity index (χ2n) is 4.07. The fraction of sp³-hybridized carbons (Fsp3) is 0. The van der Waals surface area contributed by atoms with Crippen LogP contribution in [0.4, 0.5) is 4.79 Å². The number of aromatic nitrogens is 1.